The maximum absolute atomic E-state index is 13.3. The second kappa shape index (κ2) is 5.38. The molecule has 0 aliphatic carbocycles. The number of benzene rings is 1. The quantitative estimate of drug-likeness (QED) is 0.805. The number of hydrogen-bond donors (Lipinski definition) is 0. The van der Waals surface area contributed by atoms with Crippen LogP contribution in [0, 0.1) is 17.7 Å². The zero-order chi connectivity index (χ0) is 14.2. The summed E-state index contributed by atoms with van der Waals surface area (Å²) in [7, 11) is -3.66. The van der Waals surface area contributed by atoms with Gasteiger partial charge in [0.05, 0.1) is 4.90 Å². The predicted molar refractivity (Wildman–Crippen MR) is 73.0 cm³/mol. The van der Waals surface area contributed by atoms with E-state index in [4.69, 9.17) is 11.6 Å². The number of rotatable bonds is 3. The van der Waals surface area contributed by atoms with E-state index in [2.05, 4.69) is 0 Å². The maximum atomic E-state index is 13.3. The van der Waals surface area contributed by atoms with Gasteiger partial charge in [-0.05, 0) is 29.5 Å². The van der Waals surface area contributed by atoms with E-state index in [1.54, 1.807) is 0 Å². The van der Waals surface area contributed by atoms with Gasteiger partial charge < -0.3 is 0 Å². The third-order valence-electron chi connectivity index (χ3n) is 3.75. The molecule has 6 heteroatoms. The first kappa shape index (κ1) is 14.8. The molecule has 2 unspecified atom stereocenters. The Bertz CT molecular complexity index is 566. The molecule has 0 spiro atoms. The van der Waals surface area contributed by atoms with Crippen molar-refractivity contribution in [2.24, 2.45) is 11.8 Å². The molecule has 2 rings (SSSR count). The fourth-order valence-electron chi connectivity index (χ4n) is 2.29. The largest absolute Gasteiger partial charge is 0.243 e. The van der Waals surface area contributed by atoms with Crippen molar-refractivity contribution in [3.05, 3.63) is 29.6 Å². The molecule has 0 N–H and O–H groups in total. The first-order valence-corrected chi connectivity index (χ1v) is 8.18. The summed E-state index contributed by atoms with van der Waals surface area (Å²) in [5, 5.41) is 0. The average molecular weight is 306 g/mol. The van der Waals surface area contributed by atoms with Crippen LogP contribution in [0.1, 0.15) is 19.4 Å². The van der Waals surface area contributed by atoms with Crippen LogP contribution in [0.3, 0.4) is 0 Å². The highest BCUT2D eigenvalue weighted by Gasteiger charge is 2.36. The van der Waals surface area contributed by atoms with Crippen molar-refractivity contribution in [3.63, 3.8) is 0 Å². The molecule has 1 aromatic carbocycles. The highest BCUT2D eigenvalue weighted by Crippen LogP contribution is 2.30. The molecule has 19 heavy (non-hydrogen) atoms. The first-order valence-electron chi connectivity index (χ1n) is 6.20. The van der Waals surface area contributed by atoms with Gasteiger partial charge in [0.15, 0.2) is 0 Å². The molecule has 0 aromatic heterocycles. The Morgan fingerprint density at radius 1 is 1.32 bits per heavy atom. The van der Waals surface area contributed by atoms with Gasteiger partial charge in [-0.1, -0.05) is 19.9 Å². The maximum Gasteiger partial charge on any atom is 0.243 e. The summed E-state index contributed by atoms with van der Waals surface area (Å²) >= 11 is 5.75. The SMILES string of the molecule is CC1CN(S(=O)(=O)c2cc(F)ccc2CCl)CC1C. The first-order chi connectivity index (χ1) is 8.86. The fourth-order valence-corrected chi connectivity index (χ4v) is 4.48. The van der Waals surface area contributed by atoms with Crippen LogP contribution in [0.5, 0.6) is 0 Å². The summed E-state index contributed by atoms with van der Waals surface area (Å²) in [6.07, 6.45) is 0. The van der Waals surface area contributed by atoms with Crippen LogP contribution in [0.4, 0.5) is 4.39 Å². The summed E-state index contributed by atoms with van der Waals surface area (Å²) in [6.45, 7) is 4.99. The summed E-state index contributed by atoms with van der Waals surface area (Å²) in [6, 6.07) is 3.71. The van der Waals surface area contributed by atoms with Crippen LogP contribution < -0.4 is 0 Å². The molecule has 106 valence electrons. The second-order valence-electron chi connectivity index (χ2n) is 5.16. The normalized spacial score (nSPS) is 24.8. The lowest BCUT2D eigenvalue weighted by Gasteiger charge is -2.18. The molecule has 1 aliphatic heterocycles. The number of hydrogen-bond acceptors (Lipinski definition) is 2. The highest BCUT2D eigenvalue weighted by molar-refractivity contribution is 7.89. The summed E-state index contributed by atoms with van der Waals surface area (Å²) in [5.74, 6) is 0.103. The number of nitrogens with zero attached hydrogens (tertiary/aromatic N) is 1. The molecule has 3 nitrogen and oxygen atoms in total. The molecular weight excluding hydrogens is 289 g/mol. The number of alkyl halides is 1. The minimum Gasteiger partial charge on any atom is -0.207 e. The van der Waals surface area contributed by atoms with Crippen molar-refractivity contribution in [2.45, 2.75) is 24.6 Å². The van der Waals surface area contributed by atoms with Gasteiger partial charge in [0.25, 0.3) is 0 Å². The average Bonchev–Trinajstić information content (AvgIpc) is 2.70. The lowest BCUT2D eigenvalue weighted by molar-refractivity contribution is 0.462. The van der Waals surface area contributed by atoms with E-state index in [0.29, 0.717) is 30.5 Å². The molecule has 1 aromatic rings. The van der Waals surface area contributed by atoms with Gasteiger partial charge in [0.1, 0.15) is 5.82 Å². The van der Waals surface area contributed by atoms with Crippen LogP contribution >= 0.6 is 11.6 Å². The minimum atomic E-state index is -3.66. The van der Waals surface area contributed by atoms with Crippen LogP contribution in [0.2, 0.25) is 0 Å². The topological polar surface area (TPSA) is 37.4 Å². The molecule has 0 radical (unpaired) electrons. The van der Waals surface area contributed by atoms with Gasteiger partial charge in [0, 0.05) is 19.0 Å². The number of halogens is 2. The molecule has 1 heterocycles. The van der Waals surface area contributed by atoms with Crippen molar-refractivity contribution in [3.8, 4) is 0 Å². The third kappa shape index (κ3) is 2.78. The Morgan fingerprint density at radius 3 is 2.42 bits per heavy atom. The van der Waals surface area contributed by atoms with E-state index in [0.717, 1.165) is 6.07 Å². The summed E-state index contributed by atoms with van der Waals surface area (Å²) < 4.78 is 39.9. The molecule has 0 saturated carbocycles. The van der Waals surface area contributed by atoms with Gasteiger partial charge in [-0.15, -0.1) is 11.6 Å². The van der Waals surface area contributed by atoms with Gasteiger partial charge in [-0.2, -0.15) is 4.31 Å². The standard InChI is InChI=1S/C13H17ClFNO2S/c1-9-7-16(8-10(9)2)19(17,18)13-5-12(15)4-3-11(13)6-14/h3-5,9-10H,6-8H2,1-2H3. The second-order valence-corrected chi connectivity index (χ2v) is 7.34. The van der Waals surface area contributed by atoms with Crippen LogP contribution in [0.25, 0.3) is 0 Å². The summed E-state index contributed by atoms with van der Waals surface area (Å²) in [4.78, 5) is -0.0104. The van der Waals surface area contributed by atoms with Gasteiger partial charge in [0.2, 0.25) is 10.0 Å². The predicted octanol–water partition coefficient (Wildman–Crippen LogP) is 2.84. The Labute approximate surface area is 118 Å². The molecular formula is C13H17ClFNO2S. The molecule has 1 saturated heterocycles. The Morgan fingerprint density at radius 2 is 1.89 bits per heavy atom. The zero-order valence-electron chi connectivity index (χ0n) is 10.9. The minimum absolute atomic E-state index is 0.0104. The van der Waals surface area contributed by atoms with E-state index >= 15 is 0 Å². The monoisotopic (exact) mass is 305 g/mol. The smallest absolute Gasteiger partial charge is 0.207 e. The van der Waals surface area contributed by atoms with Gasteiger partial charge in [-0.25, -0.2) is 12.8 Å². The van der Waals surface area contributed by atoms with Crippen molar-refractivity contribution < 1.29 is 12.8 Å². The Hall–Kier alpha value is -0.650. The van der Waals surface area contributed by atoms with Crippen LogP contribution in [-0.4, -0.2) is 25.8 Å². The van der Waals surface area contributed by atoms with Crippen LogP contribution in [-0.2, 0) is 15.9 Å². The van der Waals surface area contributed by atoms with Crippen molar-refractivity contribution in [1.29, 1.82) is 0 Å². The molecule has 0 bridgehead atoms. The molecule has 2 atom stereocenters. The number of sulfonamides is 1. The van der Waals surface area contributed by atoms with E-state index < -0.39 is 15.8 Å². The summed E-state index contributed by atoms with van der Waals surface area (Å²) in [5.41, 5.74) is 0.440. The highest BCUT2D eigenvalue weighted by atomic mass is 35.5. The van der Waals surface area contributed by atoms with Crippen LogP contribution in [0.15, 0.2) is 23.1 Å². The molecule has 1 fully saturated rings. The Kier molecular flexibility index (Phi) is 4.18. The van der Waals surface area contributed by atoms with E-state index in [9.17, 15) is 12.8 Å². The molecule has 1 aliphatic rings. The lowest BCUT2D eigenvalue weighted by atomic mass is 10.0. The fraction of sp³-hybridized carbons (Fsp3) is 0.538. The zero-order valence-corrected chi connectivity index (χ0v) is 12.5. The van der Waals surface area contributed by atoms with E-state index in [1.165, 1.54) is 16.4 Å². The lowest BCUT2D eigenvalue weighted by Crippen LogP contribution is -2.29. The van der Waals surface area contributed by atoms with E-state index in [-0.39, 0.29) is 10.8 Å². The van der Waals surface area contributed by atoms with Gasteiger partial charge in [-0.3, -0.25) is 0 Å². The van der Waals surface area contributed by atoms with Crippen molar-refractivity contribution in [1.82, 2.24) is 4.31 Å². The van der Waals surface area contributed by atoms with Gasteiger partial charge >= 0.3 is 0 Å². The third-order valence-corrected chi connectivity index (χ3v) is 5.95. The molecule has 0 amide bonds. The van der Waals surface area contributed by atoms with Crippen molar-refractivity contribution >= 4 is 21.6 Å². The Balaban J connectivity index is 2.43. The van der Waals surface area contributed by atoms with E-state index in [1.807, 2.05) is 13.8 Å². The van der Waals surface area contributed by atoms with Crippen molar-refractivity contribution in [2.75, 3.05) is 13.1 Å².